The Balaban J connectivity index is 1.65. The molecule has 0 N–H and O–H groups in total. The summed E-state index contributed by atoms with van der Waals surface area (Å²) >= 11 is 0. The summed E-state index contributed by atoms with van der Waals surface area (Å²) in [6.45, 7) is -0.195. The first-order valence-corrected chi connectivity index (χ1v) is 9.15. The summed E-state index contributed by atoms with van der Waals surface area (Å²) in [6.07, 6.45) is 1.78. The molecule has 0 saturated heterocycles. The molecule has 0 radical (unpaired) electrons. The number of hydrogen-bond donors (Lipinski definition) is 0. The maximum Gasteiger partial charge on any atom is 0.359 e. The molecule has 2 aromatic carbocycles. The average molecular weight is 376 g/mol. The zero-order valence-electron chi connectivity index (χ0n) is 15.5. The Labute approximate surface area is 162 Å². The number of rotatable bonds is 7. The van der Waals surface area contributed by atoms with Crippen LogP contribution in [0.15, 0.2) is 60.7 Å². The van der Waals surface area contributed by atoms with Gasteiger partial charge >= 0.3 is 5.97 Å². The van der Waals surface area contributed by atoms with Crippen molar-refractivity contribution in [3.8, 4) is 22.7 Å². The molecule has 1 saturated carbocycles. The first-order valence-electron chi connectivity index (χ1n) is 9.15. The molecule has 142 valence electrons. The third kappa shape index (κ3) is 3.81. The molecule has 0 bridgehead atoms. The minimum atomic E-state index is -0.599. The van der Waals surface area contributed by atoms with Crippen LogP contribution in [0.4, 0.5) is 0 Å². The second-order valence-corrected chi connectivity index (χ2v) is 6.71. The van der Waals surface area contributed by atoms with Gasteiger partial charge < -0.3 is 9.47 Å². The van der Waals surface area contributed by atoms with E-state index in [9.17, 15) is 9.59 Å². The van der Waals surface area contributed by atoms with Crippen molar-refractivity contribution in [1.29, 1.82) is 0 Å². The summed E-state index contributed by atoms with van der Waals surface area (Å²) in [6, 6.07) is 18.7. The minimum absolute atomic E-state index is 0.0220. The molecule has 3 aromatic rings. The van der Waals surface area contributed by atoms with Crippen LogP contribution in [0.3, 0.4) is 0 Å². The van der Waals surface area contributed by atoms with Gasteiger partial charge in [-0.2, -0.15) is 5.10 Å². The summed E-state index contributed by atoms with van der Waals surface area (Å²) in [4.78, 5) is 24.3. The Bertz CT molecular complexity index is 989. The highest BCUT2D eigenvalue weighted by atomic mass is 16.5. The number of ether oxygens (including phenoxy) is 2. The molecule has 0 spiro atoms. The van der Waals surface area contributed by atoms with E-state index in [1.54, 1.807) is 17.9 Å². The average Bonchev–Trinajstić information content (AvgIpc) is 3.51. The van der Waals surface area contributed by atoms with Gasteiger partial charge in [0.05, 0.1) is 18.5 Å². The second kappa shape index (κ2) is 7.68. The van der Waals surface area contributed by atoms with E-state index in [1.807, 2.05) is 54.6 Å². The molecule has 0 unspecified atom stereocenters. The Morgan fingerprint density at radius 3 is 2.43 bits per heavy atom. The molecule has 1 heterocycles. The van der Waals surface area contributed by atoms with E-state index < -0.39 is 5.97 Å². The molecule has 1 fully saturated rings. The molecule has 1 aromatic heterocycles. The van der Waals surface area contributed by atoms with Crippen molar-refractivity contribution in [2.45, 2.75) is 12.8 Å². The molecule has 4 rings (SSSR count). The van der Waals surface area contributed by atoms with Gasteiger partial charge in [-0.05, 0) is 55.3 Å². The van der Waals surface area contributed by atoms with Gasteiger partial charge in [0, 0.05) is 11.5 Å². The SMILES string of the molecule is COc1ccc(-c2cc(C(=O)OCC(=O)C3CC3)nn2-c2ccccc2)cc1. The van der Waals surface area contributed by atoms with Crippen molar-refractivity contribution in [3.05, 3.63) is 66.4 Å². The van der Waals surface area contributed by atoms with Crippen LogP contribution in [-0.4, -0.2) is 35.2 Å². The van der Waals surface area contributed by atoms with Gasteiger partial charge in [0.15, 0.2) is 18.1 Å². The van der Waals surface area contributed by atoms with E-state index in [1.165, 1.54) is 0 Å². The first-order chi connectivity index (χ1) is 13.7. The summed E-state index contributed by atoms with van der Waals surface area (Å²) in [5.74, 6) is 0.182. The number of nitrogens with zero attached hydrogens (tertiary/aromatic N) is 2. The third-order valence-corrected chi connectivity index (χ3v) is 4.68. The first kappa shape index (κ1) is 18.0. The number of esters is 1. The van der Waals surface area contributed by atoms with Crippen LogP contribution >= 0.6 is 0 Å². The van der Waals surface area contributed by atoms with Gasteiger partial charge in [0.1, 0.15) is 5.75 Å². The quantitative estimate of drug-likeness (QED) is 0.588. The van der Waals surface area contributed by atoms with E-state index >= 15 is 0 Å². The van der Waals surface area contributed by atoms with Crippen LogP contribution in [0.5, 0.6) is 5.75 Å². The molecule has 0 aliphatic heterocycles. The lowest BCUT2D eigenvalue weighted by atomic mass is 10.1. The number of carbonyl (C=O) groups is 2. The third-order valence-electron chi connectivity index (χ3n) is 4.68. The Hall–Kier alpha value is -3.41. The maximum atomic E-state index is 12.5. The molecule has 1 aliphatic carbocycles. The van der Waals surface area contributed by atoms with E-state index in [-0.39, 0.29) is 24.0 Å². The highest BCUT2D eigenvalue weighted by Crippen LogP contribution is 2.30. The van der Waals surface area contributed by atoms with Gasteiger partial charge in [-0.1, -0.05) is 18.2 Å². The van der Waals surface area contributed by atoms with E-state index in [2.05, 4.69) is 5.10 Å². The van der Waals surface area contributed by atoms with Crippen molar-refractivity contribution < 1.29 is 19.1 Å². The van der Waals surface area contributed by atoms with E-state index in [0.717, 1.165) is 35.5 Å². The van der Waals surface area contributed by atoms with Gasteiger partial charge in [-0.15, -0.1) is 0 Å². The maximum absolute atomic E-state index is 12.5. The molecule has 1 aliphatic rings. The van der Waals surface area contributed by atoms with Crippen LogP contribution in [0, 0.1) is 5.92 Å². The van der Waals surface area contributed by atoms with Crippen LogP contribution in [0.1, 0.15) is 23.3 Å². The van der Waals surface area contributed by atoms with Crippen LogP contribution < -0.4 is 4.74 Å². The lowest BCUT2D eigenvalue weighted by molar-refractivity contribution is -0.123. The fourth-order valence-electron chi connectivity index (χ4n) is 2.95. The predicted molar refractivity (Wildman–Crippen MR) is 104 cm³/mol. The summed E-state index contributed by atoms with van der Waals surface area (Å²) in [5.41, 5.74) is 2.61. The van der Waals surface area contributed by atoms with Gasteiger partial charge in [0.2, 0.25) is 0 Å². The molecule has 6 heteroatoms. The number of ketones is 1. The van der Waals surface area contributed by atoms with E-state index in [4.69, 9.17) is 9.47 Å². The summed E-state index contributed by atoms with van der Waals surface area (Å²) < 4.78 is 12.1. The zero-order chi connectivity index (χ0) is 19.5. The fourth-order valence-corrected chi connectivity index (χ4v) is 2.95. The normalized spacial score (nSPS) is 13.2. The number of methoxy groups -OCH3 is 1. The molecule has 0 atom stereocenters. The molecule has 6 nitrogen and oxygen atoms in total. The molecular formula is C22H20N2O4. The van der Waals surface area contributed by atoms with Crippen LogP contribution in [0.25, 0.3) is 16.9 Å². The Morgan fingerprint density at radius 1 is 1.07 bits per heavy atom. The molecule has 0 amide bonds. The minimum Gasteiger partial charge on any atom is -0.497 e. The van der Waals surface area contributed by atoms with Crippen molar-refractivity contribution in [1.82, 2.24) is 9.78 Å². The fraction of sp³-hybridized carbons (Fsp3) is 0.227. The lowest BCUT2D eigenvalue weighted by Crippen LogP contribution is -2.15. The number of para-hydroxylation sites is 1. The van der Waals surface area contributed by atoms with Crippen molar-refractivity contribution in [3.63, 3.8) is 0 Å². The van der Waals surface area contributed by atoms with Crippen LogP contribution in [-0.2, 0) is 9.53 Å². The predicted octanol–water partition coefficient (Wildman–Crippen LogP) is 3.68. The zero-order valence-corrected chi connectivity index (χ0v) is 15.5. The summed E-state index contributed by atoms with van der Waals surface area (Å²) in [7, 11) is 1.61. The number of aromatic nitrogens is 2. The van der Waals surface area contributed by atoms with Gasteiger partial charge in [0.25, 0.3) is 0 Å². The monoisotopic (exact) mass is 376 g/mol. The number of Topliss-reactive ketones (excluding diaryl/α,β-unsaturated/α-hetero) is 1. The smallest absolute Gasteiger partial charge is 0.359 e. The van der Waals surface area contributed by atoms with E-state index in [0.29, 0.717) is 0 Å². The number of benzene rings is 2. The Kier molecular flexibility index (Phi) is 4.93. The molecule has 28 heavy (non-hydrogen) atoms. The Morgan fingerprint density at radius 2 is 1.79 bits per heavy atom. The molecular weight excluding hydrogens is 356 g/mol. The number of hydrogen-bond acceptors (Lipinski definition) is 5. The largest absolute Gasteiger partial charge is 0.497 e. The van der Waals surface area contributed by atoms with Crippen LogP contribution in [0.2, 0.25) is 0 Å². The van der Waals surface area contributed by atoms with Crippen molar-refractivity contribution >= 4 is 11.8 Å². The second-order valence-electron chi connectivity index (χ2n) is 6.71. The van der Waals surface area contributed by atoms with Gasteiger partial charge in [-0.25, -0.2) is 9.48 Å². The number of carbonyl (C=O) groups excluding carboxylic acids is 2. The standard InChI is InChI=1S/C22H20N2O4/c1-27-18-11-9-15(10-12-18)20-13-19(22(26)28-14-21(25)16-7-8-16)23-24(20)17-5-3-2-4-6-17/h2-6,9-13,16H,7-8,14H2,1H3. The van der Waals surface area contributed by atoms with Crippen molar-refractivity contribution in [2.75, 3.05) is 13.7 Å². The topological polar surface area (TPSA) is 70.4 Å². The highest BCUT2D eigenvalue weighted by Gasteiger charge is 2.30. The lowest BCUT2D eigenvalue weighted by Gasteiger charge is -2.08. The van der Waals surface area contributed by atoms with Gasteiger partial charge in [-0.3, -0.25) is 4.79 Å². The highest BCUT2D eigenvalue weighted by molar-refractivity contribution is 5.92. The summed E-state index contributed by atoms with van der Waals surface area (Å²) in [5, 5.41) is 4.44. The van der Waals surface area contributed by atoms with Crippen molar-refractivity contribution in [2.24, 2.45) is 5.92 Å².